The van der Waals surface area contributed by atoms with E-state index in [1.54, 1.807) is 10.9 Å². The van der Waals surface area contributed by atoms with Crippen LogP contribution in [0.15, 0.2) is 65.3 Å². The quantitative estimate of drug-likeness (QED) is 0.539. The molecule has 1 saturated heterocycles. The topological polar surface area (TPSA) is 65.4 Å². The SMILES string of the molecule is CN1CCN(NC(=S)NC(=O)c2cn(-c3ccccc3)nc2-c2ccc(Br)cc2)CC1. The maximum Gasteiger partial charge on any atom is 0.261 e. The first-order valence-electron chi connectivity index (χ1n) is 9.96. The summed E-state index contributed by atoms with van der Waals surface area (Å²) in [5.74, 6) is -0.299. The minimum Gasteiger partial charge on any atom is -0.304 e. The van der Waals surface area contributed by atoms with Crippen molar-refractivity contribution in [3.8, 4) is 16.9 Å². The standard InChI is InChI=1S/C22H23BrN6OS/c1-27-11-13-28(14-12-27)26-22(31)24-21(30)19-15-29(18-5-3-2-4-6-18)25-20(19)16-7-9-17(23)10-8-16/h2-10,15H,11-14H2,1H3,(H2,24,26,30,31). The van der Waals surface area contributed by atoms with Crippen LogP contribution in [0.3, 0.4) is 0 Å². The number of benzene rings is 2. The van der Waals surface area contributed by atoms with Crippen LogP contribution in [0.4, 0.5) is 0 Å². The number of para-hydroxylation sites is 1. The smallest absolute Gasteiger partial charge is 0.261 e. The van der Waals surface area contributed by atoms with Crippen LogP contribution in [0, 0.1) is 0 Å². The van der Waals surface area contributed by atoms with Crippen LogP contribution < -0.4 is 10.7 Å². The Hall–Kier alpha value is -2.59. The molecule has 0 unspecified atom stereocenters. The molecule has 1 aromatic heterocycles. The van der Waals surface area contributed by atoms with E-state index < -0.39 is 0 Å². The number of amides is 1. The van der Waals surface area contributed by atoms with Crippen LogP contribution in [0.1, 0.15) is 10.4 Å². The predicted octanol–water partition coefficient (Wildman–Crippen LogP) is 3.07. The zero-order chi connectivity index (χ0) is 21.8. The van der Waals surface area contributed by atoms with E-state index in [0.717, 1.165) is 41.9 Å². The molecule has 0 saturated carbocycles. The number of halogens is 1. The number of thiocarbonyl (C=S) groups is 1. The summed E-state index contributed by atoms with van der Waals surface area (Å²) in [5, 5.41) is 9.80. The van der Waals surface area contributed by atoms with Gasteiger partial charge in [0.2, 0.25) is 0 Å². The summed E-state index contributed by atoms with van der Waals surface area (Å²) in [5.41, 5.74) is 5.89. The summed E-state index contributed by atoms with van der Waals surface area (Å²) < 4.78 is 2.67. The lowest BCUT2D eigenvalue weighted by Gasteiger charge is -2.32. The van der Waals surface area contributed by atoms with Gasteiger partial charge in [0.15, 0.2) is 5.11 Å². The van der Waals surface area contributed by atoms with Gasteiger partial charge in [-0.15, -0.1) is 0 Å². The number of hydrazine groups is 1. The van der Waals surface area contributed by atoms with Crippen LogP contribution in [-0.4, -0.2) is 63.9 Å². The number of rotatable bonds is 4. The molecule has 3 aromatic rings. The van der Waals surface area contributed by atoms with Gasteiger partial charge in [0.1, 0.15) is 5.69 Å². The third-order valence-corrected chi connectivity index (χ3v) is 5.81. The highest BCUT2D eigenvalue weighted by Crippen LogP contribution is 2.25. The predicted molar refractivity (Wildman–Crippen MR) is 129 cm³/mol. The normalized spacial score (nSPS) is 14.9. The van der Waals surface area contributed by atoms with E-state index in [1.165, 1.54) is 0 Å². The Labute approximate surface area is 195 Å². The van der Waals surface area contributed by atoms with E-state index in [2.05, 4.69) is 38.6 Å². The van der Waals surface area contributed by atoms with Gasteiger partial charge in [0.25, 0.3) is 5.91 Å². The van der Waals surface area contributed by atoms with E-state index in [4.69, 9.17) is 17.3 Å². The number of carbonyl (C=O) groups is 1. The number of nitrogens with zero attached hydrogens (tertiary/aromatic N) is 4. The first kappa shape index (κ1) is 21.6. The van der Waals surface area contributed by atoms with Gasteiger partial charge in [-0.05, 0) is 43.5 Å². The lowest BCUT2D eigenvalue weighted by molar-refractivity contribution is 0.0968. The number of piperazine rings is 1. The largest absolute Gasteiger partial charge is 0.304 e. The van der Waals surface area contributed by atoms with E-state index >= 15 is 0 Å². The molecular weight excluding hydrogens is 476 g/mol. The Morgan fingerprint density at radius 1 is 1.03 bits per heavy atom. The number of likely N-dealkylation sites (N-methyl/N-ethyl adjacent to an activating group) is 1. The zero-order valence-electron chi connectivity index (χ0n) is 17.1. The average Bonchev–Trinajstić information content (AvgIpc) is 3.22. The fourth-order valence-electron chi connectivity index (χ4n) is 3.33. The third-order valence-electron chi connectivity index (χ3n) is 5.09. The lowest BCUT2D eigenvalue weighted by atomic mass is 10.1. The molecule has 160 valence electrons. The monoisotopic (exact) mass is 498 g/mol. The molecule has 31 heavy (non-hydrogen) atoms. The summed E-state index contributed by atoms with van der Waals surface area (Å²) >= 11 is 8.84. The fourth-order valence-corrected chi connectivity index (χ4v) is 3.82. The molecule has 0 radical (unpaired) electrons. The van der Waals surface area contributed by atoms with Crippen molar-refractivity contribution >= 4 is 39.2 Å². The molecule has 1 fully saturated rings. The molecule has 1 amide bonds. The summed E-state index contributed by atoms with van der Waals surface area (Å²) in [6.45, 7) is 3.56. The summed E-state index contributed by atoms with van der Waals surface area (Å²) in [4.78, 5) is 15.4. The van der Waals surface area contributed by atoms with E-state index in [9.17, 15) is 4.79 Å². The van der Waals surface area contributed by atoms with Gasteiger partial charge in [0.05, 0.1) is 11.3 Å². The molecule has 0 spiro atoms. The van der Waals surface area contributed by atoms with Gasteiger partial charge < -0.3 is 4.90 Å². The first-order chi connectivity index (χ1) is 15.0. The second kappa shape index (κ2) is 9.69. The van der Waals surface area contributed by atoms with Crippen molar-refractivity contribution in [1.29, 1.82) is 0 Å². The van der Waals surface area contributed by atoms with Crippen molar-refractivity contribution in [3.63, 3.8) is 0 Å². The summed E-state index contributed by atoms with van der Waals surface area (Å²) in [6.07, 6.45) is 1.74. The highest BCUT2D eigenvalue weighted by molar-refractivity contribution is 9.10. The molecule has 2 aromatic carbocycles. The molecule has 0 atom stereocenters. The van der Waals surface area contributed by atoms with Gasteiger partial charge >= 0.3 is 0 Å². The third kappa shape index (κ3) is 5.37. The highest BCUT2D eigenvalue weighted by Gasteiger charge is 2.21. The van der Waals surface area contributed by atoms with Crippen LogP contribution in [-0.2, 0) is 0 Å². The van der Waals surface area contributed by atoms with Crippen LogP contribution in [0.5, 0.6) is 0 Å². The fraction of sp³-hybridized carbons (Fsp3) is 0.227. The van der Waals surface area contributed by atoms with Crippen LogP contribution >= 0.6 is 28.1 Å². The number of carbonyl (C=O) groups excluding carboxylic acids is 1. The minimum atomic E-state index is -0.299. The molecule has 1 aliphatic heterocycles. The Kier molecular flexibility index (Phi) is 6.77. The Morgan fingerprint density at radius 2 is 1.71 bits per heavy atom. The van der Waals surface area contributed by atoms with Crippen LogP contribution in [0.2, 0.25) is 0 Å². The first-order valence-corrected chi connectivity index (χ1v) is 11.2. The summed E-state index contributed by atoms with van der Waals surface area (Å²) in [7, 11) is 2.09. The van der Waals surface area contributed by atoms with Crippen molar-refractivity contribution in [3.05, 3.63) is 70.8 Å². The number of hydrogen-bond acceptors (Lipinski definition) is 5. The van der Waals surface area contributed by atoms with Crippen molar-refractivity contribution in [2.45, 2.75) is 0 Å². The molecule has 7 nitrogen and oxygen atoms in total. The van der Waals surface area contributed by atoms with Gasteiger partial charge in [-0.1, -0.05) is 46.3 Å². The van der Waals surface area contributed by atoms with Crippen molar-refractivity contribution in [2.24, 2.45) is 0 Å². The Morgan fingerprint density at radius 3 is 2.39 bits per heavy atom. The number of aromatic nitrogens is 2. The molecule has 1 aliphatic rings. The van der Waals surface area contributed by atoms with Gasteiger partial charge in [-0.3, -0.25) is 15.5 Å². The molecule has 2 heterocycles. The molecule has 4 rings (SSSR count). The number of hydrogen-bond donors (Lipinski definition) is 2. The molecular formula is C22H23BrN6OS. The van der Waals surface area contributed by atoms with Crippen molar-refractivity contribution in [1.82, 2.24) is 30.4 Å². The second-order valence-electron chi connectivity index (χ2n) is 7.36. The lowest BCUT2D eigenvalue weighted by Crippen LogP contribution is -2.55. The molecule has 0 aliphatic carbocycles. The average molecular weight is 499 g/mol. The van der Waals surface area contributed by atoms with Gasteiger partial charge in [0, 0.05) is 42.4 Å². The highest BCUT2D eigenvalue weighted by atomic mass is 79.9. The number of nitrogens with one attached hydrogen (secondary N) is 2. The zero-order valence-corrected chi connectivity index (χ0v) is 19.5. The van der Waals surface area contributed by atoms with Gasteiger partial charge in [-0.25, -0.2) is 9.69 Å². The van der Waals surface area contributed by atoms with Crippen LogP contribution in [0.25, 0.3) is 16.9 Å². The molecule has 2 N–H and O–H groups in total. The maximum atomic E-state index is 13.1. The van der Waals surface area contributed by atoms with Gasteiger partial charge in [-0.2, -0.15) is 5.10 Å². The molecule has 0 bridgehead atoms. The van der Waals surface area contributed by atoms with E-state index in [-0.39, 0.29) is 11.0 Å². The second-order valence-corrected chi connectivity index (χ2v) is 8.69. The Bertz CT molecular complexity index is 1060. The van der Waals surface area contributed by atoms with Crippen molar-refractivity contribution in [2.75, 3.05) is 33.2 Å². The van der Waals surface area contributed by atoms with E-state index in [1.807, 2.05) is 59.6 Å². The molecule has 9 heteroatoms. The van der Waals surface area contributed by atoms with Crippen molar-refractivity contribution < 1.29 is 4.79 Å². The maximum absolute atomic E-state index is 13.1. The summed E-state index contributed by atoms with van der Waals surface area (Å²) in [6, 6.07) is 17.4. The van der Waals surface area contributed by atoms with E-state index in [0.29, 0.717) is 11.3 Å². The Balaban J connectivity index is 1.56. The minimum absolute atomic E-state index is 0.281.